The van der Waals surface area contributed by atoms with Crippen LogP contribution in [-0.2, 0) is 22.8 Å². The van der Waals surface area contributed by atoms with Crippen molar-refractivity contribution in [1.82, 2.24) is 25.3 Å². The van der Waals surface area contributed by atoms with Crippen molar-refractivity contribution in [3.05, 3.63) is 53.2 Å². The third kappa shape index (κ3) is 2.56. The summed E-state index contributed by atoms with van der Waals surface area (Å²) in [5.74, 6) is -1.59. The lowest BCUT2D eigenvalue weighted by molar-refractivity contribution is -0.146. The topological polar surface area (TPSA) is 110 Å². The molecule has 1 aliphatic carbocycles. The minimum absolute atomic E-state index is 0.172. The highest BCUT2D eigenvalue weighted by Gasteiger charge is 2.49. The predicted octanol–water partition coefficient (Wildman–Crippen LogP) is 2.14. The number of aryl methyl sites for hydroxylation is 1. The van der Waals surface area contributed by atoms with Crippen molar-refractivity contribution in [1.29, 1.82) is 0 Å². The fraction of sp³-hybridized carbons (Fsp3) is 0.350. The van der Waals surface area contributed by atoms with Crippen molar-refractivity contribution in [2.75, 3.05) is 0 Å². The van der Waals surface area contributed by atoms with Crippen molar-refractivity contribution in [2.24, 2.45) is 7.05 Å². The highest BCUT2D eigenvalue weighted by atomic mass is 16.4. The molecule has 28 heavy (non-hydrogen) atoms. The first-order valence-electron chi connectivity index (χ1n) is 9.06. The average Bonchev–Trinajstić information content (AvgIpc) is 3.05. The molecule has 8 nitrogen and oxygen atoms in total. The van der Waals surface area contributed by atoms with Gasteiger partial charge in [0.25, 0.3) is 5.91 Å². The van der Waals surface area contributed by atoms with E-state index in [1.165, 1.54) is 16.9 Å². The smallest absolute Gasteiger partial charge is 0.334 e. The molecule has 1 amide bonds. The summed E-state index contributed by atoms with van der Waals surface area (Å²) in [6, 6.07) is 8.95. The van der Waals surface area contributed by atoms with Gasteiger partial charge in [-0.25, -0.2) is 14.5 Å². The highest BCUT2D eigenvalue weighted by Crippen LogP contribution is 2.45. The molecule has 0 fully saturated rings. The number of aliphatic carboxylic acids is 1. The molecule has 0 saturated carbocycles. The van der Waals surface area contributed by atoms with Crippen LogP contribution in [0.2, 0.25) is 0 Å². The zero-order valence-electron chi connectivity index (χ0n) is 15.9. The van der Waals surface area contributed by atoms with Crippen LogP contribution in [0.5, 0.6) is 0 Å². The predicted molar refractivity (Wildman–Crippen MR) is 102 cm³/mol. The number of nitrogens with one attached hydrogen (secondary N) is 1. The lowest BCUT2D eigenvalue weighted by Crippen LogP contribution is -2.55. The third-order valence-corrected chi connectivity index (χ3v) is 5.67. The molecule has 1 unspecified atom stereocenters. The summed E-state index contributed by atoms with van der Waals surface area (Å²) in [4.78, 5) is 29.7. The molecule has 1 atom stereocenters. The highest BCUT2D eigenvalue weighted by molar-refractivity contribution is 6.05. The fourth-order valence-corrected chi connectivity index (χ4v) is 4.00. The molecule has 2 heterocycles. The van der Waals surface area contributed by atoms with E-state index < -0.39 is 17.4 Å². The Morgan fingerprint density at radius 3 is 2.57 bits per heavy atom. The second-order valence-corrected chi connectivity index (χ2v) is 7.84. The fourth-order valence-electron chi connectivity index (χ4n) is 4.00. The van der Waals surface area contributed by atoms with E-state index in [1.54, 1.807) is 19.2 Å². The lowest BCUT2D eigenvalue weighted by Gasteiger charge is -2.43. The van der Waals surface area contributed by atoms with E-state index >= 15 is 0 Å². The minimum atomic E-state index is -1.50. The maximum atomic E-state index is 13.1. The van der Waals surface area contributed by atoms with E-state index in [4.69, 9.17) is 0 Å². The third-order valence-electron chi connectivity index (χ3n) is 5.67. The molecule has 2 N–H and O–H groups in total. The number of carbonyl (C=O) groups is 2. The molecule has 0 spiro atoms. The van der Waals surface area contributed by atoms with Gasteiger partial charge in [-0.1, -0.05) is 43.3 Å². The number of carboxylic acids is 1. The standard InChI is InChI=1S/C20H21N5O3/c1-19(2)9-10-20(18(27)28,14-7-5-4-6-13(14)19)22-17(26)12-8-11-21-16-15(12)23-24-25(16)3/h4-8,11H,9-10H2,1-3H3,(H,22,26)(H,27,28). The molecule has 3 aromatic rings. The molecule has 1 aromatic carbocycles. The Labute approximate surface area is 161 Å². The van der Waals surface area contributed by atoms with Gasteiger partial charge in [-0.2, -0.15) is 0 Å². The van der Waals surface area contributed by atoms with E-state index in [0.717, 1.165) is 5.56 Å². The molecule has 0 radical (unpaired) electrons. The number of amides is 1. The van der Waals surface area contributed by atoms with Gasteiger partial charge in [0.05, 0.1) is 5.56 Å². The number of hydrogen-bond acceptors (Lipinski definition) is 5. The number of pyridine rings is 1. The van der Waals surface area contributed by atoms with E-state index in [-0.39, 0.29) is 11.0 Å². The number of carbonyl (C=O) groups excluding carboxylic acids is 1. The maximum Gasteiger partial charge on any atom is 0.334 e. The summed E-state index contributed by atoms with van der Waals surface area (Å²) in [5, 5.41) is 20.9. The number of benzene rings is 1. The number of rotatable bonds is 3. The van der Waals surface area contributed by atoms with Crippen LogP contribution in [-0.4, -0.2) is 37.0 Å². The first-order chi connectivity index (χ1) is 13.3. The van der Waals surface area contributed by atoms with Crippen molar-refractivity contribution < 1.29 is 14.7 Å². The number of carboxylic acid groups (broad SMARTS) is 1. The summed E-state index contributed by atoms with van der Waals surface area (Å²) in [7, 11) is 1.68. The average molecular weight is 379 g/mol. The van der Waals surface area contributed by atoms with Crippen LogP contribution >= 0.6 is 0 Å². The van der Waals surface area contributed by atoms with Crippen molar-refractivity contribution in [3.8, 4) is 0 Å². The quantitative estimate of drug-likeness (QED) is 0.721. The monoisotopic (exact) mass is 379 g/mol. The number of aromatic nitrogens is 4. The first-order valence-corrected chi connectivity index (χ1v) is 9.06. The summed E-state index contributed by atoms with van der Waals surface area (Å²) in [5.41, 5.74) is 0.936. The van der Waals surface area contributed by atoms with Crippen LogP contribution in [0.25, 0.3) is 11.2 Å². The Morgan fingerprint density at radius 2 is 1.86 bits per heavy atom. The van der Waals surface area contributed by atoms with E-state index in [1.807, 2.05) is 12.1 Å². The van der Waals surface area contributed by atoms with Gasteiger partial charge in [0.15, 0.2) is 11.2 Å². The maximum absolute atomic E-state index is 13.1. The SMILES string of the molecule is Cn1nnc2c(C(=O)NC3(C(=O)O)CCC(C)(C)c4ccccc43)ccnc21. The summed E-state index contributed by atoms with van der Waals surface area (Å²) >= 11 is 0. The largest absolute Gasteiger partial charge is 0.479 e. The Bertz CT molecular complexity index is 1100. The second-order valence-electron chi connectivity index (χ2n) is 7.84. The minimum Gasteiger partial charge on any atom is -0.479 e. The number of nitrogens with zero attached hydrogens (tertiary/aromatic N) is 4. The molecular formula is C20H21N5O3. The normalized spacial score (nSPS) is 20.5. The molecule has 4 rings (SSSR count). The number of fused-ring (bicyclic) bond motifs is 2. The van der Waals surface area contributed by atoms with Gasteiger partial charge < -0.3 is 10.4 Å². The van der Waals surface area contributed by atoms with Gasteiger partial charge in [0.1, 0.15) is 5.52 Å². The van der Waals surface area contributed by atoms with Crippen molar-refractivity contribution in [3.63, 3.8) is 0 Å². The molecule has 144 valence electrons. The molecule has 2 aromatic heterocycles. The Hall–Kier alpha value is -3.29. The van der Waals surface area contributed by atoms with Crippen LogP contribution in [0.1, 0.15) is 48.2 Å². The van der Waals surface area contributed by atoms with E-state index in [0.29, 0.717) is 29.6 Å². The zero-order valence-corrected chi connectivity index (χ0v) is 15.9. The van der Waals surface area contributed by atoms with Crippen molar-refractivity contribution >= 4 is 23.0 Å². The van der Waals surface area contributed by atoms with Gasteiger partial charge in [0.2, 0.25) is 0 Å². The van der Waals surface area contributed by atoms with Crippen LogP contribution in [0, 0.1) is 0 Å². The molecule has 1 aliphatic rings. The van der Waals surface area contributed by atoms with E-state index in [2.05, 4.69) is 34.5 Å². The Kier molecular flexibility index (Phi) is 3.95. The summed E-state index contributed by atoms with van der Waals surface area (Å²) in [6.45, 7) is 4.18. The van der Waals surface area contributed by atoms with Gasteiger partial charge in [-0.3, -0.25) is 4.79 Å². The number of hydrogen-bond donors (Lipinski definition) is 2. The van der Waals surface area contributed by atoms with Crippen LogP contribution < -0.4 is 5.32 Å². The summed E-state index contributed by atoms with van der Waals surface area (Å²) < 4.78 is 1.47. The van der Waals surface area contributed by atoms with E-state index in [9.17, 15) is 14.7 Å². The molecule has 0 saturated heterocycles. The Morgan fingerprint density at radius 1 is 1.14 bits per heavy atom. The summed E-state index contributed by atoms with van der Waals surface area (Å²) in [6.07, 6.45) is 2.42. The first kappa shape index (κ1) is 18.1. The molecular weight excluding hydrogens is 358 g/mol. The van der Waals surface area contributed by atoms with Gasteiger partial charge in [-0.05, 0) is 35.4 Å². The Balaban J connectivity index is 1.82. The van der Waals surface area contributed by atoms with Gasteiger partial charge in [0, 0.05) is 13.2 Å². The van der Waals surface area contributed by atoms with Crippen LogP contribution in [0.3, 0.4) is 0 Å². The molecule has 8 heteroatoms. The second kappa shape index (κ2) is 6.12. The van der Waals surface area contributed by atoms with Crippen LogP contribution in [0.15, 0.2) is 36.5 Å². The lowest BCUT2D eigenvalue weighted by atomic mass is 9.65. The van der Waals surface area contributed by atoms with Gasteiger partial charge >= 0.3 is 5.97 Å². The molecule has 0 bridgehead atoms. The molecule has 0 aliphatic heterocycles. The van der Waals surface area contributed by atoms with Gasteiger partial charge in [-0.15, -0.1) is 5.10 Å². The van der Waals surface area contributed by atoms with Crippen LogP contribution in [0.4, 0.5) is 0 Å². The van der Waals surface area contributed by atoms with Crippen molar-refractivity contribution in [2.45, 2.75) is 37.6 Å². The zero-order chi connectivity index (χ0) is 20.1.